The summed E-state index contributed by atoms with van der Waals surface area (Å²) < 4.78 is 37.8. The molecule has 0 bridgehead atoms. The van der Waals surface area contributed by atoms with E-state index in [1.54, 1.807) is 19.9 Å². The Labute approximate surface area is 185 Å². The van der Waals surface area contributed by atoms with Crippen molar-refractivity contribution in [2.75, 3.05) is 27.3 Å². The smallest absolute Gasteiger partial charge is 0.251 e. The molecule has 1 N–H and O–H groups in total. The van der Waals surface area contributed by atoms with Crippen molar-refractivity contribution in [1.82, 2.24) is 9.62 Å². The van der Waals surface area contributed by atoms with Crippen LogP contribution in [-0.2, 0) is 10.0 Å². The molecule has 2 aromatic rings. The first-order chi connectivity index (χ1) is 14.5. The van der Waals surface area contributed by atoms with E-state index in [2.05, 4.69) is 5.32 Å². The van der Waals surface area contributed by atoms with E-state index in [-0.39, 0.29) is 16.8 Å². The summed E-state index contributed by atoms with van der Waals surface area (Å²) >= 11 is 0. The molecule has 170 valence electrons. The zero-order valence-electron chi connectivity index (χ0n) is 19.3. The van der Waals surface area contributed by atoms with E-state index in [0.29, 0.717) is 35.8 Å². The molecule has 0 aliphatic heterocycles. The zero-order chi connectivity index (χ0) is 23.3. The average Bonchev–Trinajstić information content (AvgIpc) is 2.71. The van der Waals surface area contributed by atoms with Gasteiger partial charge in [-0.2, -0.15) is 0 Å². The van der Waals surface area contributed by atoms with Gasteiger partial charge in [0.1, 0.15) is 0 Å². The van der Waals surface area contributed by atoms with Gasteiger partial charge in [-0.3, -0.25) is 4.79 Å². The van der Waals surface area contributed by atoms with Gasteiger partial charge >= 0.3 is 0 Å². The third kappa shape index (κ3) is 5.57. The molecule has 1 atom stereocenters. The van der Waals surface area contributed by atoms with Crippen molar-refractivity contribution in [2.45, 2.75) is 45.6 Å². The first-order valence-corrected chi connectivity index (χ1v) is 11.7. The molecule has 2 aromatic carbocycles. The highest BCUT2D eigenvalue weighted by atomic mass is 32.2. The van der Waals surface area contributed by atoms with Crippen LogP contribution in [0.25, 0.3) is 0 Å². The highest BCUT2D eigenvalue weighted by molar-refractivity contribution is 7.89. The largest absolute Gasteiger partial charge is 0.490 e. The lowest BCUT2D eigenvalue weighted by Crippen LogP contribution is -2.28. The van der Waals surface area contributed by atoms with E-state index in [1.807, 2.05) is 39.0 Å². The fourth-order valence-corrected chi connectivity index (χ4v) is 4.34. The van der Waals surface area contributed by atoms with Gasteiger partial charge in [0.05, 0.1) is 24.2 Å². The minimum atomic E-state index is -3.67. The van der Waals surface area contributed by atoms with Crippen molar-refractivity contribution in [1.29, 1.82) is 0 Å². The Morgan fingerprint density at radius 2 is 1.65 bits per heavy atom. The monoisotopic (exact) mass is 448 g/mol. The molecule has 0 saturated carbocycles. The number of sulfonamides is 1. The quantitative estimate of drug-likeness (QED) is 0.630. The molecule has 0 saturated heterocycles. The number of nitrogens with zero attached hydrogens (tertiary/aromatic N) is 1. The van der Waals surface area contributed by atoms with Crippen molar-refractivity contribution in [3.05, 3.63) is 52.6 Å². The summed E-state index contributed by atoms with van der Waals surface area (Å²) in [5.74, 6) is 0.922. The maximum atomic E-state index is 12.9. The second kappa shape index (κ2) is 10.2. The number of benzene rings is 2. The summed E-state index contributed by atoms with van der Waals surface area (Å²) in [6, 6.07) is 8.37. The van der Waals surface area contributed by atoms with Crippen LogP contribution in [0.1, 0.15) is 53.9 Å². The number of amides is 1. The Balaban J connectivity index is 2.33. The minimum absolute atomic E-state index is 0.134. The van der Waals surface area contributed by atoms with Gasteiger partial charge in [0.25, 0.3) is 5.91 Å². The molecule has 2 rings (SSSR count). The predicted molar refractivity (Wildman–Crippen MR) is 121 cm³/mol. The molecule has 1 amide bonds. The summed E-state index contributed by atoms with van der Waals surface area (Å²) in [7, 11) is -0.720. The third-order valence-corrected chi connectivity index (χ3v) is 7.00. The molecular weight excluding hydrogens is 416 g/mol. The van der Waals surface area contributed by atoms with Crippen molar-refractivity contribution < 1.29 is 22.7 Å². The summed E-state index contributed by atoms with van der Waals surface area (Å²) in [5.41, 5.74) is 2.52. The number of hydrogen-bond acceptors (Lipinski definition) is 5. The first kappa shape index (κ1) is 24.7. The van der Waals surface area contributed by atoms with Gasteiger partial charge in [-0.1, -0.05) is 6.07 Å². The normalized spacial score (nSPS) is 12.5. The molecule has 0 heterocycles. The molecule has 31 heavy (non-hydrogen) atoms. The molecule has 0 aliphatic rings. The lowest BCUT2D eigenvalue weighted by Gasteiger charge is -2.19. The van der Waals surface area contributed by atoms with Gasteiger partial charge in [0.2, 0.25) is 10.0 Å². The lowest BCUT2D eigenvalue weighted by molar-refractivity contribution is 0.0939. The molecule has 0 aliphatic carbocycles. The second-order valence-corrected chi connectivity index (χ2v) is 9.59. The fourth-order valence-electron chi connectivity index (χ4n) is 3.12. The number of carbonyl (C=O) groups excluding carboxylic acids is 1. The van der Waals surface area contributed by atoms with E-state index < -0.39 is 10.0 Å². The van der Waals surface area contributed by atoms with Gasteiger partial charge in [-0.15, -0.1) is 0 Å². The van der Waals surface area contributed by atoms with Gasteiger partial charge in [-0.05, 0) is 75.6 Å². The van der Waals surface area contributed by atoms with Gasteiger partial charge in [-0.25, -0.2) is 12.7 Å². The molecule has 0 unspecified atom stereocenters. The van der Waals surface area contributed by atoms with E-state index in [1.165, 1.54) is 20.2 Å². The van der Waals surface area contributed by atoms with Crippen molar-refractivity contribution >= 4 is 15.9 Å². The Bertz CT molecular complexity index is 1050. The maximum Gasteiger partial charge on any atom is 0.251 e. The number of carbonyl (C=O) groups is 1. The predicted octanol–water partition coefficient (Wildman–Crippen LogP) is 3.84. The number of nitrogens with one attached hydrogen (secondary N) is 1. The topological polar surface area (TPSA) is 84.9 Å². The van der Waals surface area contributed by atoms with Crippen LogP contribution in [0.5, 0.6) is 11.5 Å². The Morgan fingerprint density at radius 1 is 1.03 bits per heavy atom. The van der Waals surface area contributed by atoms with E-state index in [4.69, 9.17) is 9.47 Å². The van der Waals surface area contributed by atoms with Crippen LogP contribution in [-0.4, -0.2) is 45.9 Å². The molecule has 7 nitrogen and oxygen atoms in total. The summed E-state index contributed by atoms with van der Waals surface area (Å²) in [6.45, 7) is 10.2. The average molecular weight is 449 g/mol. The standard InChI is InChI=1S/C23H32N2O5S/c1-8-29-20-11-10-18(13-21(20)30-9-2)17(5)24-23(26)19-12-15(3)16(4)22(14-19)31(27,28)25(6)7/h10-14,17H,8-9H2,1-7H3,(H,24,26)/t17-/m1/s1. The SMILES string of the molecule is CCOc1ccc([C@@H](C)NC(=O)c2cc(C)c(C)c(S(=O)(=O)N(C)C)c2)cc1OCC. The Hall–Kier alpha value is -2.58. The van der Waals surface area contributed by atoms with Crippen LogP contribution in [0.3, 0.4) is 0 Å². The van der Waals surface area contributed by atoms with Crippen LogP contribution in [0.4, 0.5) is 0 Å². The van der Waals surface area contributed by atoms with Crippen LogP contribution < -0.4 is 14.8 Å². The highest BCUT2D eigenvalue weighted by Gasteiger charge is 2.23. The Morgan fingerprint density at radius 3 is 2.23 bits per heavy atom. The minimum Gasteiger partial charge on any atom is -0.490 e. The van der Waals surface area contributed by atoms with Crippen molar-refractivity contribution in [2.24, 2.45) is 0 Å². The van der Waals surface area contributed by atoms with E-state index in [0.717, 1.165) is 15.4 Å². The van der Waals surface area contributed by atoms with Crippen molar-refractivity contribution in [3.8, 4) is 11.5 Å². The van der Waals surface area contributed by atoms with E-state index in [9.17, 15) is 13.2 Å². The van der Waals surface area contributed by atoms with Crippen LogP contribution in [0, 0.1) is 13.8 Å². The Kier molecular flexibility index (Phi) is 8.08. The third-order valence-electron chi connectivity index (χ3n) is 5.06. The van der Waals surface area contributed by atoms with Crippen LogP contribution >= 0.6 is 0 Å². The van der Waals surface area contributed by atoms with Crippen LogP contribution in [0.2, 0.25) is 0 Å². The molecule has 0 fully saturated rings. The summed E-state index contributed by atoms with van der Waals surface area (Å²) in [4.78, 5) is 13.1. The fraction of sp³-hybridized carbons (Fsp3) is 0.435. The number of ether oxygens (including phenoxy) is 2. The van der Waals surface area contributed by atoms with Gasteiger partial charge < -0.3 is 14.8 Å². The molecule has 8 heteroatoms. The number of hydrogen-bond donors (Lipinski definition) is 1. The summed E-state index contributed by atoms with van der Waals surface area (Å²) in [5, 5.41) is 2.94. The second-order valence-electron chi connectivity index (χ2n) is 7.47. The number of rotatable bonds is 9. The molecule has 0 aromatic heterocycles. The molecular formula is C23H32N2O5S. The highest BCUT2D eigenvalue weighted by Crippen LogP contribution is 2.31. The van der Waals surface area contributed by atoms with E-state index >= 15 is 0 Å². The maximum absolute atomic E-state index is 12.9. The van der Waals surface area contributed by atoms with Gasteiger partial charge in [0.15, 0.2) is 11.5 Å². The van der Waals surface area contributed by atoms with Crippen molar-refractivity contribution in [3.63, 3.8) is 0 Å². The zero-order valence-corrected chi connectivity index (χ0v) is 20.1. The number of aryl methyl sites for hydroxylation is 1. The summed E-state index contributed by atoms with van der Waals surface area (Å²) in [6.07, 6.45) is 0. The van der Waals surface area contributed by atoms with Crippen LogP contribution in [0.15, 0.2) is 35.2 Å². The molecule has 0 spiro atoms. The lowest BCUT2D eigenvalue weighted by atomic mass is 10.0. The first-order valence-electron chi connectivity index (χ1n) is 10.3. The molecule has 0 radical (unpaired) electrons. The van der Waals surface area contributed by atoms with Gasteiger partial charge in [0, 0.05) is 19.7 Å².